The minimum atomic E-state index is 0.0556. The van der Waals surface area contributed by atoms with Crippen LogP contribution in [0.2, 0.25) is 0 Å². The Kier molecular flexibility index (Phi) is 0.762. The van der Waals surface area contributed by atoms with Crippen LogP contribution < -0.4 is 0 Å². The van der Waals surface area contributed by atoms with Crippen LogP contribution in [0.25, 0.3) is 0 Å². The second-order valence-electron chi connectivity index (χ2n) is 3.36. The molecule has 2 saturated carbocycles. The molecular formula is C7H12O. The molecule has 0 aromatic rings. The van der Waals surface area contributed by atoms with Crippen LogP contribution >= 0.6 is 0 Å². The van der Waals surface area contributed by atoms with E-state index in [1.54, 1.807) is 0 Å². The number of hydrogen-bond donors (Lipinski definition) is 1. The summed E-state index contributed by atoms with van der Waals surface area (Å²) in [4.78, 5) is 0. The van der Waals surface area contributed by atoms with Gasteiger partial charge in [0, 0.05) is 0 Å². The second-order valence-corrected chi connectivity index (χ2v) is 3.36. The number of aliphatic hydroxyl groups excluding tert-OH is 1. The standard InChI is InChI=1S/C7H12O/c1-4-2-5-3-6(5)7(4)8/h4-8H,2-3H2,1H3. The minimum absolute atomic E-state index is 0.0556. The van der Waals surface area contributed by atoms with E-state index in [9.17, 15) is 5.11 Å². The lowest BCUT2D eigenvalue weighted by atomic mass is 10.0. The molecule has 1 heteroatoms. The molecule has 2 rings (SSSR count). The first kappa shape index (κ1) is 4.80. The maximum atomic E-state index is 9.31. The first-order valence-electron chi connectivity index (χ1n) is 3.47. The molecule has 2 fully saturated rings. The van der Waals surface area contributed by atoms with Gasteiger partial charge in [0.25, 0.3) is 0 Å². The van der Waals surface area contributed by atoms with Crippen molar-refractivity contribution >= 4 is 0 Å². The van der Waals surface area contributed by atoms with Crippen molar-refractivity contribution in [3.05, 3.63) is 0 Å². The zero-order chi connectivity index (χ0) is 5.72. The monoisotopic (exact) mass is 112 g/mol. The quantitative estimate of drug-likeness (QED) is 0.496. The van der Waals surface area contributed by atoms with Crippen molar-refractivity contribution in [2.45, 2.75) is 25.9 Å². The van der Waals surface area contributed by atoms with E-state index >= 15 is 0 Å². The summed E-state index contributed by atoms with van der Waals surface area (Å²) >= 11 is 0. The summed E-state index contributed by atoms with van der Waals surface area (Å²) in [6.07, 6.45) is 2.65. The minimum Gasteiger partial charge on any atom is -0.393 e. The van der Waals surface area contributed by atoms with E-state index in [0.29, 0.717) is 11.8 Å². The van der Waals surface area contributed by atoms with Crippen LogP contribution in [0.15, 0.2) is 0 Å². The maximum absolute atomic E-state index is 9.31. The lowest BCUT2D eigenvalue weighted by Crippen LogP contribution is -2.13. The molecular weight excluding hydrogens is 100 g/mol. The third kappa shape index (κ3) is 0.455. The average Bonchev–Trinajstić information content (AvgIpc) is 2.39. The summed E-state index contributed by atoms with van der Waals surface area (Å²) in [5.74, 6) is 2.23. The van der Waals surface area contributed by atoms with E-state index in [-0.39, 0.29) is 6.10 Å². The third-order valence-electron chi connectivity index (χ3n) is 2.67. The average molecular weight is 112 g/mol. The lowest BCUT2D eigenvalue weighted by molar-refractivity contribution is 0.116. The van der Waals surface area contributed by atoms with E-state index in [4.69, 9.17) is 0 Å². The molecule has 1 N–H and O–H groups in total. The van der Waals surface area contributed by atoms with E-state index in [0.717, 1.165) is 5.92 Å². The molecule has 2 aliphatic carbocycles. The fourth-order valence-corrected chi connectivity index (χ4v) is 2.00. The highest BCUT2D eigenvalue weighted by atomic mass is 16.3. The van der Waals surface area contributed by atoms with Gasteiger partial charge in [-0.25, -0.2) is 0 Å². The van der Waals surface area contributed by atoms with Crippen molar-refractivity contribution in [3.8, 4) is 0 Å². The largest absolute Gasteiger partial charge is 0.393 e. The molecule has 1 nitrogen and oxygen atoms in total. The molecule has 0 spiro atoms. The molecule has 0 aliphatic heterocycles. The molecule has 46 valence electrons. The van der Waals surface area contributed by atoms with Gasteiger partial charge < -0.3 is 5.11 Å². The number of rotatable bonds is 0. The van der Waals surface area contributed by atoms with E-state index < -0.39 is 0 Å². The molecule has 8 heavy (non-hydrogen) atoms. The van der Waals surface area contributed by atoms with Crippen molar-refractivity contribution in [3.63, 3.8) is 0 Å². The first-order valence-corrected chi connectivity index (χ1v) is 3.47. The van der Waals surface area contributed by atoms with Crippen LogP contribution in [0.4, 0.5) is 0 Å². The summed E-state index contributed by atoms with van der Waals surface area (Å²) in [7, 11) is 0. The van der Waals surface area contributed by atoms with Crippen LogP contribution in [0, 0.1) is 17.8 Å². The topological polar surface area (TPSA) is 20.2 Å². The van der Waals surface area contributed by atoms with E-state index in [1.807, 2.05) is 0 Å². The van der Waals surface area contributed by atoms with Crippen LogP contribution in [0.5, 0.6) is 0 Å². The zero-order valence-corrected chi connectivity index (χ0v) is 5.17. The molecule has 2 aliphatic rings. The maximum Gasteiger partial charge on any atom is 0.0596 e. The Hall–Kier alpha value is -0.0400. The molecule has 0 radical (unpaired) electrons. The fraction of sp³-hybridized carbons (Fsp3) is 1.00. The molecule has 0 saturated heterocycles. The van der Waals surface area contributed by atoms with Gasteiger partial charge in [0.05, 0.1) is 6.10 Å². The predicted molar refractivity (Wildman–Crippen MR) is 31.4 cm³/mol. The van der Waals surface area contributed by atoms with Crippen molar-refractivity contribution in [1.82, 2.24) is 0 Å². The Balaban J connectivity index is 2.08. The third-order valence-corrected chi connectivity index (χ3v) is 2.67. The van der Waals surface area contributed by atoms with Crippen molar-refractivity contribution < 1.29 is 5.11 Å². The Morgan fingerprint density at radius 3 is 2.38 bits per heavy atom. The molecule has 0 aromatic carbocycles. The Morgan fingerprint density at radius 2 is 2.12 bits per heavy atom. The highest BCUT2D eigenvalue weighted by Crippen LogP contribution is 2.54. The summed E-state index contributed by atoms with van der Waals surface area (Å²) in [5.41, 5.74) is 0. The summed E-state index contributed by atoms with van der Waals surface area (Å²) in [6, 6.07) is 0. The Morgan fingerprint density at radius 1 is 1.38 bits per heavy atom. The number of aliphatic hydroxyl groups is 1. The van der Waals surface area contributed by atoms with Gasteiger partial charge >= 0.3 is 0 Å². The molecule has 4 atom stereocenters. The molecule has 4 unspecified atom stereocenters. The van der Waals surface area contributed by atoms with Gasteiger partial charge in [-0.2, -0.15) is 0 Å². The van der Waals surface area contributed by atoms with Gasteiger partial charge in [0.2, 0.25) is 0 Å². The van der Waals surface area contributed by atoms with Gasteiger partial charge in [-0.3, -0.25) is 0 Å². The summed E-state index contributed by atoms with van der Waals surface area (Å²) in [6.45, 7) is 2.15. The van der Waals surface area contributed by atoms with E-state index in [2.05, 4.69) is 6.92 Å². The van der Waals surface area contributed by atoms with Gasteiger partial charge in [0.15, 0.2) is 0 Å². The summed E-state index contributed by atoms with van der Waals surface area (Å²) in [5, 5.41) is 9.31. The van der Waals surface area contributed by atoms with E-state index in [1.165, 1.54) is 12.8 Å². The number of hydrogen-bond acceptors (Lipinski definition) is 1. The van der Waals surface area contributed by atoms with Crippen LogP contribution in [-0.4, -0.2) is 11.2 Å². The van der Waals surface area contributed by atoms with Crippen molar-refractivity contribution in [2.75, 3.05) is 0 Å². The normalized spacial score (nSPS) is 60.8. The van der Waals surface area contributed by atoms with Gasteiger partial charge in [-0.15, -0.1) is 0 Å². The van der Waals surface area contributed by atoms with Gasteiger partial charge in [-0.1, -0.05) is 6.92 Å². The van der Waals surface area contributed by atoms with Crippen LogP contribution in [0.3, 0.4) is 0 Å². The first-order chi connectivity index (χ1) is 3.79. The van der Waals surface area contributed by atoms with Crippen molar-refractivity contribution in [2.24, 2.45) is 17.8 Å². The van der Waals surface area contributed by atoms with Crippen LogP contribution in [0.1, 0.15) is 19.8 Å². The molecule has 0 aromatic heterocycles. The smallest absolute Gasteiger partial charge is 0.0596 e. The second kappa shape index (κ2) is 1.27. The molecule has 0 heterocycles. The Labute approximate surface area is 49.7 Å². The van der Waals surface area contributed by atoms with Crippen LogP contribution in [-0.2, 0) is 0 Å². The highest BCUT2D eigenvalue weighted by Gasteiger charge is 2.50. The lowest BCUT2D eigenvalue weighted by Gasteiger charge is -2.09. The summed E-state index contributed by atoms with van der Waals surface area (Å²) < 4.78 is 0. The SMILES string of the molecule is CC1CC2CC2C1O. The fourth-order valence-electron chi connectivity index (χ4n) is 2.00. The molecule has 0 amide bonds. The highest BCUT2D eigenvalue weighted by molar-refractivity contribution is 5.00. The van der Waals surface area contributed by atoms with Crippen molar-refractivity contribution in [1.29, 1.82) is 0 Å². The van der Waals surface area contributed by atoms with Gasteiger partial charge in [-0.05, 0) is 30.6 Å². The number of fused-ring (bicyclic) bond motifs is 1. The predicted octanol–water partition coefficient (Wildman–Crippen LogP) is 1.02. The molecule has 0 bridgehead atoms. The van der Waals surface area contributed by atoms with Gasteiger partial charge in [0.1, 0.15) is 0 Å². The zero-order valence-electron chi connectivity index (χ0n) is 5.17. The Bertz CT molecular complexity index is 109.